The number of hydrogen-bond acceptors (Lipinski definition) is 6. The zero-order valence-electron chi connectivity index (χ0n) is 12.2. The maximum Gasteiger partial charge on any atom is 0.204 e. The average Bonchev–Trinajstić information content (AvgIpc) is 3.17. The second-order valence-electron chi connectivity index (χ2n) is 4.51. The molecule has 0 radical (unpaired) electrons. The number of para-hydroxylation sites is 1. The van der Waals surface area contributed by atoms with Gasteiger partial charge in [-0.15, -0.1) is 22.7 Å². The van der Waals surface area contributed by atoms with Crippen LogP contribution in [0.4, 0.5) is 5.13 Å². The summed E-state index contributed by atoms with van der Waals surface area (Å²) in [5.74, 6) is 0.794. The summed E-state index contributed by atoms with van der Waals surface area (Å²) in [4.78, 5) is 6.95. The third kappa shape index (κ3) is 3.18. The van der Waals surface area contributed by atoms with Gasteiger partial charge in [-0.1, -0.05) is 18.2 Å². The Hall–Kier alpha value is -2.18. The van der Waals surface area contributed by atoms with Crippen molar-refractivity contribution in [2.45, 2.75) is 6.92 Å². The zero-order chi connectivity index (χ0) is 15.4. The number of methoxy groups -OCH3 is 1. The Balaban J connectivity index is 1.74. The second-order valence-corrected chi connectivity index (χ2v) is 6.66. The van der Waals surface area contributed by atoms with Crippen LogP contribution in [0.15, 0.2) is 46.9 Å². The molecule has 0 amide bonds. The Morgan fingerprint density at radius 1 is 1.23 bits per heavy atom. The molecule has 0 aliphatic rings. The normalized spacial score (nSPS) is 11.0. The summed E-state index contributed by atoms with van der Waals surface area (Å²) in [6, 6.07) is 11.9. The predicted octanol–water partition coefficient (Wildman–Crippen LogP) is 4.63. The van der Waals surface area contributed by atoms with Crippen molar-refractivity contribution < 1.29 is 4.74 Å². The number of hydrazone groups is 1. The van der Waals surface area contributed by atoms with E-state index in [0.29, 0.717) is 0 Å². The molecular formula is C16H15N3OS2. The molecule has 0 saturated carbocycles. The van der Waals surface area contributed by atoms with Gasteiger partial charge in [0.15, 0.2) is 0 Å². The third-order valence-corrected chi connectivity index (χ3v) is 4.81. The number of aryl methyl sites for hydroxylation is 1. The largest absolute Gasteiger partial charge is 0.496 e. The average molecular weight is 329 g/mol. The minimum Gasteiger partial charge on any atom is -0.496 e. The lowest BCUT2D eigenvalue weighted by atomic mass is 10.2. The Bertz CT molecular complexity index is 779. The van der Waals surface area contributed by atoms with Gasteiger partial charge in [0.2, 0.25) is 5.13 Å². The number of ether oxygens (including phenoxy) is 1. The molecule has 2 heterocycles. The Morgan fingerprint density at radius 2 is 2.09 bits per heavy atom. The van der Waals surface area contributed by atoms with Crippen molar-refractivity contribution in [3.8, 4) is 16.3 Å². The summed E-state index contributed by atoms with van der Waals surface area (Å²) in [5.41, 5.74) is 4.94. The quantitative estimate of drug-likeness (QED) is 0.548. The van der Waals surface area contributed by atoms with Crippen LogP contribution >= 0.6 is 22.7 Å². The first-order valence-electron chi connectivity index (χ1n) is 6.71. The van der Waals surface area contributed by atoms with Gasteiger partial charge in [0, 0.05) is 10.4 Å². The Kier molecular flexibility index (Phi) is 4.50. The van der Waals surface area contributed by atoms with E-state index < -0.39 is 0 Å². The van der Waals surface area contributed by atoms with Gasteiger partial charge in [0.05, 0.1) is 23.9 Å². The minimum atomic E-state index is 0.784. The van der Waals surface area contributed by atoms with Crippen LogP contribution < -0.4 is 10.2 Å². The molecule has 4 nitrogen and oxygen atoms in total. The number of aromatic nitrogens is 1. The van der Waals surface area contributed by atoms with E-state index in [4.69, 9.17) is 4.74 Å². The third-order valence-electron chi connectivity index (χ3n) is 3.05. The Morgan fingerprint density at radius 3 is 2.86 bits per heavy atom. The topological polar surface area (TPSA) is 46.5 Å². The maximum atomic E-state index is 5.29. The van der Waals surface area contributed by atoms with Crippen molar-refractivity contribution in [1.82, 2.24) is 4.98 Å². The highest BCUT2D eigenvalue weighted by Gasteiger charge is 2.10. The van der Waals surface area contributed by atoms with Crippen LogP contribution in [0.2, 0.25) is 0 Å². The summed E-state index contributed by atoms with van der Waals surface area (Å²) in [6.07, 6.45) is 1.74. The first-order chi connectivity index (χ1) is 10.8. The molecule has 0 bridgehead atoms. The van der Waals surface area contributed by atoms with Gasteiger partial charge in [-0.3, -0.25) is 5.43 Å². The minimum absolute atomic E-state index is 0.784. The zero-order valence-corrected chi connectivity index (χ0v) is 13.9. The number of anilines is 1. The molecule has 0 spiro atoms. The van der Waals surface area contributed by atoms with Crippen molar-refractivity contribution in [3.63, 3.8) is 0 Å². The van der Waals surface area contributed by atoms with E-state index in [1.165, 1.54) is 9.75 Å². The number of benzene rings is 1. The summed E-state index contributed by atoms with van der Waals surface area (Å²) >= 11 is 3.29. The van der Waals surface area contributed by atoms with Crippen molar-refractivity contribution >= 4 is 34.0 Å². The van der Waals surface area contributed by atoms with Gasteiger partial charge in [-0.25, -0.2) is 4.98 Å². The molecule has 112 valence electrons. The fourth-order valence-corrected chi connectivity index (χ4v) is 3.63. The van der Waals surface area contributed by atoms with Gasteiger partial charge < -0.3 is 4.74 Å². The maximum absolute atomic E-state index is 5.29. The first kappa shape index (κ1) is 14.7. The summed E-state index contributed by atoms with van der Waals surface area (Å²) in [5, 5.41) is 7.09. The van der Waals surface area contributed by atoms with Crippen LogP contribution in [0.3, 0.4) is 0 Å². The lowest BCUT2D eigenvalue weighted by Crippen LogP contribution is -1.93. The summed E-state index contributed by atoms with van der Waals surface area (Å²) < 4.78 is 5.29. The van der Waals surface area contributed by atoms with Crippen molar-refractivity contribution in [2.75, 3.05) is 12.5 Å². The van der Waals surface area contributed by atoms with Crippen LogP contribution in [0.25, 0.3) is 10.6 Å². The number of nitrogens with zero attached hydrogens (tertiary/aromatic N) is 2. The van der Waals surface area contributed by atoms with Gasteiger partial charge in [0.1, 0.15) is 5.75 Å². The summed E-state index contributed by atoms with van der Waals surface area (Å²) in [7, 11) is 1.65. The molecule has 0 fully saturated rings. The van der Waals surface area contributed by atoms with E-state index in [-0.39, 0.29) is 0 Å². The highest BCUT2D eigenvalue weighted by Crippen LogP contribution is 2.32. The molecule has 0 aliphatic carbocycles. The SMILES string of the molecule is COc1ccccc1/C=N\Nc1nc(-c2cccs2)c(C)s1. The molecule has 3 aromatic rings. The Labute approximate surface area is 137 Å². The molecular weight excluding hydrogens is 314 g/mol. The van der Waals surface area contributed by atoms with E-state index >= 15 is 0 Å². The van der Waals surface area contributed by atoms with Crippen LogP contribution in [-0.2, 0) is 0 Å². The van der Waals surface area contributed by atoms with Crippen LogP contribution in [0, 0.1) is 6.92 Å². The highest BCUT2D eigenvalue weighted by molar-refractivity contribution is 7.17. The molecule has 1 aromatic carbocycles. The molecule has 2 aromatic heterocycles. The van der Waals surface area contributed by atoms with Crippen molar-refractivity contribution in [3.05, 3.63) is 52.2 Å². The lowest BCUT2D eigenvalue weighted by Gasteiger charge is -2.02. The van der Waals surface area contributed by atoms with Crippen LogP contribution in [0.1, 0.15) is 10.4 Å². The van der Waals surface area contributed by atoms with Crippen LogP contribution in [-0.4, -0.2) is 18.3 Å². The predicted molar refractivity (Wildman–Crippen MR) is 94.4 cm³/mol. The molecule has 6 heteroatoms. The second kappa shape index (κ2) is 6.72. The van der Waals surface area contributed by atoms with Gasteiger partial charge in [-0.2, -0.15) is 5.10 Å². The fraction of sp³-hybridized carbons (Fsp3) is 0.125. The van der Waals surface area contributed by atoms with E-state index in [1.54, 1.807) is 36.0 Å². The fourth-order valence-electron chi connectivity index (χ4n) is 2.02. The van der Waals surface area contributed by atoms with Gasteiger partial charge >= 0.3 is 0 Å². The van der Waals surface area contributed by atoms with E-state index in [1.807, 2.05) is 30.3 Å². The number of rotatable bonds is 5. The number of nitrogens with one attached hydrogen (secondary N) is 1. The van der Waals surface area contributed by atoms with Gasteiger partial charge in [-0.05, 0) is 30.5 Å². The standard InChI is InChI=1S/C16H15N3OS2/c1-11-15(14-8-5-9-21-14)18-16(22-11)19-17-10-12-6-3-4-7-13(12)20-2/h3-10H,1-2H3,(H,18,19)/b17-10-. The number of thiophene rings is 1. The van der Waals surface area contributed by atoms with E-state index in [0.717, 1.165) is 22.1 Å². The molecule has 0 saturated heterocycles. The molecule has 1 N–H and O–H groups in total. The van der Waals surface area contributed by atoms with E-state index in [9.17, 15) is 0 Å². The smallest absolute Gasteiger partial charge is 0.204 e. The van der Waals surface area contributed by atoms with Crippen LogP contribution in [0.5, 0.6) is 5.75 Å². The van der Waals surface area contributed by atoms with Gasteiger partial charge in [0.25, 0.3) is 0 Å². The first-order valence-corrected chi connectivity index (χ1v) is 8.41. The highest BCUT2D eigenvalue weighted by atomic mass is 32.1. The summed E-state index contributed by atoms with van der Waals surface area (Å²) in [6.45, 7) is 2.07. The number of thiazole rings is 1. The molecule has 3 rings (SSSR count). The van der Waals surface area contributed by atoms with E-state index in [2.05, 4.69) is 33.9 Å². The molecule has 0 atom stereocenters. The monoisotopic (exact) mass is 329 g/mol. The molecule has 22 heavy (non-hydrogen) atoms. The number of hydrogen-bond donors (Lipinski definition) is 1. The van der Waals surface area contributed by atoms with Crippen molar-refractivity contribution in [1.29, 1.82) is 0 Å². The molecule has 0 unspecified atom stereocenters. The lowest BCUT2D eigenvalue weighted by molar-refractivity contribution is 0.414. The molecule has 0 aliphatic heterocycles. The van der Waals surface area contributed by atoms with Crippen molar-refractivity contribution in [2.24, 2.45) is 5.10 Å².